The molecule has 0 radical (unpaired) electrons. The topological polar surface area (TPSA) is 195 Å². The number of hydrogen-bond acceptors (Lipinski definition) is 11. The molecule has 2 aromatic heterocycles. The van der Waals surface area contributed by atoms with Crippen molar-refractivity contribution < 1.29 is 50.6 Å². The fourth-order valence-electron chi connectivity index (χ4n) is 9.07. The van der Waals surface area contributed by atoms with Gasteiger partial charge < -0.3 is 34.2 Å². The number of hydrogen-bond donors (Lipinski definition) is 3. The lowest BCUT2D eigenvalue weighted by atomic mass is 10.0. The predicted molar refractivity (Wildman–Crippen MR) is 225 cm³/mol. The quantitative estimate of drug-likeness (QED) is 0.163. The predicted octanol–water partition coefficient (Wildman–Crippen LogP) is 6.19. The number of methoxy groups -OCH3 is 1. The van der Waals surface area contributed by atoms with E-state index in [-0.39, 0.29) is 54.5 Å². The third-order valence-corrected chi connectivity index (χ3v) is 14.6. The van der Waals surface area contributed by atoms with Crippen LogP contribution in [0.15, 0.2) is 65.1 Å². The van der Waals surface area contributed by atoms with Gasteiger partial charge >= 0.3 is 6.09 Å². The molecule has 3 saturated carbocycles. The molecule has 3 aliphatic carbocycles. The number of allylic oxidation sites excluding steroid dienone is 1. The number of carbonyl (C=O) groups is 4. The van der Waals surface area contributed by atoms with Crippen LogP contribution in [0.4, 0.5) is 9.18 Å². The van der Waals surface area contributed by atoms with Gasteiger partial charge in [0, 0.05) is 24.0 Å². The van der Waals surface area contributed by atoms with E-state index in [2.05, 4.69) is 15.4 Å². The van der Waals surface area contributed by atoms with Crippen LogP contribution in [0.3, 0.4) is 0 Å². The Morgan fingerprint density at radius 3 is 2.55 bits per heavy atom. The highest BCUT2D eigenvalue weighted by Gasteiger charge is 2.62. The first kappa shape index (κ1) is 41.6. The van der Waals surface area contributed by atoms with Gasteiger partial charge in [0.2, 0.25) is 21.8 Å². The summed E-state index contributed by atoms with van der Waals surface area (Å²) in [6.45, 7) is -0.113. The number of sulfonamides is 1. The van der Waals surface area contributed by atoms with E-state index in [4.69, 9.17) is 23.6 Å². The second-order valence-corrected chi connectivity index (χ2v) is 19.1. The lowest BCUT2D eigenvalue weighted by Gasteiger charge is -2.30. The van der Waals surface area contributed by atoms with E-state index in [1.54, 1.807) is 42.5 Å². The van der Waals surface area contributed by atoms with E-state index >= 15 is 4.39 Å². The Kier molecular flexibility index (Phi) is 11.3. The zero-order valence-corrected chi connectivity index (χ0v) is 35.2. The van der Waals surface area contributed by atoms with E-state index in [1.807, 2.05) is 12.2 Å². The summed E-state index contributed by atoms with van der Waals surface area (Å²) < 4.78 is 67.6. The maximum absolute atomic E-state index is 15.3. The fraction of sp³-hybridized carbons (Fsp3) is 0.489. The molecular formula is C45H50FN5O10S. The summed E-state index contributed by atoms with van der Waals surface area (Å²) >= 11 is 0. The summed E-state index contributed by atoms with van der Waals surface area (Å²) in [6, 6.07) is 10.7. The number of ether oxygens (including phenoxy) is 3. The largest absolute Gasteiger partial charge is 0.497 e. The summed E-state index contributed by atoms with van der Waals surface area (Å²) in [7, 11) is -2.41. The minimum Gasteiger partial charge on any atom is -0.497 e. The highest BCUT2D eigenvalue weighted by Crippen LogP contribution is 2.46. The molecule has 1 saturated heterocycles. The number of benzene rings is 2. The Morgan fingerprint density at radius 2 is 1.77 bits per heavy atom. The zero-order chi connectivity index (χ0) is 43.2. The number of rotatable bonds is 9. The van der Waals surface area contributed by atoms with Gasteiger partial charge in [-0.05, 0) is 94.5 Å². The Bertz CT molecular complexity index is 2550. The van der Waals surface area contributed by atoms with Crippen LogP contribution in [-0.4, -0.2) is 90.9 Å². The Morgan fingerprint density at radius 1 is 0.984 bits per heavy atom. The van der Waals surface area contributed by atoms with Gasteiger partial charge in [-0.1, -0.05) is 37.1 Å². The van der Waals surface area contributed by atoms with Crippen molar-refractivity contribution in [3.63, 3.8) is 0 Å². The molecule has 17 heteroatoms. The van der Waals surface area contributed by atoms with Gasteiger partial charge in [0.05, 0.1) is 30.0 Å². The Labute approximate surface area is 358 Å². The van der Waals surface area contributed by atoms with Crippen LogP contribution in [0.1, 0.15) is 83.5 Å². The molecule has 5 aliphatic rings. The van der Waals surface area contributed by atoms with Crippen molar-refractivity contribution in [3.8, 4) is 22.8 Å². The second-order valence-electron chi connectivity index (χ2n) is 17.1. The molecule has 2 aliphatic heterocycles. The summed E-state index contributed by atoms with van der Waals surface area (Å²) in [5, 5.41) is 5.62. The summed E-state index contributed by atoms with van der Waals surface area (Å²) in [5.74, 6) is -2.28. The van der Waals surface area contributed by atoms with Crippen LogP contribution in [0.5, 0.6) is 11.5 Å². The van der Waals surface area contributed by atoms with Crippen molar-refractivity contribution in [3.05, 3.63) is 66.5 Å². The van der Waals surface area contributed by atoms with E-state index in [1.165, 1.54) is 18.1 Å². The molecule has 15 nitrogen and oxygen atoms in total. The highest BCUT2D eigenvalue weighted by atomic mass is 32.2. The number of nitrogens with zero attached hydrogens (tertiary/aromatic N) is 2. The molecule has 4 amide bonds. The molecule has 4 fully saturated rings. The number of aromatic nitrogens is 1. The van der Waals surface area contributed by atoms with Gasteiger partial charge in [0.15, 0.2) is 11.3 Å². The molecule has 328 valence electrons. The second kappa shape index (κ2) is 16.9. The number of alkyl carbamates (subject to hydrolysis) is 1. The highest BCUT2D eigenvalue weighted by molar-refractivity contribution is 7.91. The number of carbonyl (C=O) groups excluding carboxylic acids is 4. The molecule has 4 aromatic rings. The van der Waals surface area contributed by atoms with E-state index in [9.17, 15) is 27.6 Å². The molecule has 9 rings (SSSR count). The number of pyridine rings is 1. The Balaban J connectivity index is 1.07. The van der Waals surface area contributed by atoms with Crippen molar-refractivity contribution >= 4 is 55.9 Å². The van der Waals surface area contributed by atoms with Gasteiger partial charge in [0.1, 0.15) is 52.5 Å². The fourth-order valence-corrected chi connectivity index (χ4v) is 10.4. The number of halogens is 1. The molecular weight excluding hydrogens is 822 g/mol. The number of amides is 4. The van der Waals surface area contributed by atoms with Gasteiger partial charge in [-0.2, -0.15) is 0 Å². The minimum atomic E-state index is -3.94. The molecule has 0 unspecified atom stereocenters. The average molecular weight is 872 g/mol. The average Bonchev–Trinajstić information content (AvgIpc) is 4.07. The summed E-state index contributed by atoms with van der Waals surface area (Å²) in [6.07, 6.45) is 9.42. The SMILES string of the molecule is COc1ccc2oc3c(O[C@@H]4C[C@H]5C(=O)N[C@]6(C(=O)NS(=O)(=O)C7CC7)C[C@H]6/C=C\CCCCC[C@H](NC(=O)OC6CCCC6)C(=O)N5C4)cc(-c4ccccc4F)nc3c2c1. The molecule has 0 spiro atoms. The zero-order valence-electron chi connectivity index (χ0n) is 34.4. The van der Waals surface area contributed by atoms with Crippen molar-refractivity contribution in [2.75, 3.05) is 13.7 Å². The minimum absolute atomic E-state index is 0.0533. The maximum atomic E-state index is 15.3. The molecule has 0 bridgehead atoms. The molecule has 62 heavy (non-hydrogen) atoms. The standard InChI is InChI=1S/C45H50FN5O10S/c1-58-28-17-20-37-32(21-28)39-40(61-37)38(23-35(47-39)31-14-9-10-15-33(31)46)59-29-22-36-41(52)49-45(43(54)50-62(56,57)30-18-19-30)24-26(45)11-5-3-2-4-6-16-34(42(53)51(36)25-29)48-44(55)60-27-12-7-8-13-27/h5,9-11,14-15,17,20-21,23,26-27,29-30,34,36H,2-4,6-8,12-13,16,18-19,22,24-25H2,1H3,(H,48,55)(H,49,52)(H,50,54)/b11-5-/t26-,29-,34+,36+,45-/m1/s1. The van der Waals surface area contributed by atoms with Crippen LogP contribution in [0, 0.1) is 11.7 Å². The third-order valence-electron chi connectivity index (χ3n) is 12.7. The van der Waals surface area contributed by atoms with Crippen LogP contribution >= 0.6 is 0 Å². The van der Waals surface area contributed by atoms with E-state index < -0.39 is 74.5 Å². The first-order chi connectivity index (χ1) is 29.9. The molecule has 3 N–H and O–H groups in total. The van der Waals surface area contributed by atoms with Crippen LogP contribution in [0.2, 0.25) is 0 Å². The lowest BCUT2D eigenvalue weighted by Crippen LogP contribution is -2.58. The summed E-state index contributed by atoms with van der Waals surface area (Å²) in [5.41, 5.74) is 0.00359. The van der Waals surface area contributed by atoms with Crippen molar-refractivity contribution in [1.82, 2.24) is 25.2 Å². The number of furan rings is 1. The Hall–Kier alpha value is -5.71. The van der Waals surface area contributed by atoms with E-state index in [0.717, 1.165) is 38.5 Å². The monoisotopic (exact) mass is 871 g/mol. The van der Waals surface area contributed by atoms with Gasteiger partial charge in [0.25, 0.3) is 5.91 Å². The third kappa shape index (κ3) is 8.42. The van der Waals surface area contributed by atoms with Crippen LogP contribution in [-0.2, 0) is 29.1 Å². The van der Waals surface area contributed by atoms with Crippen molar-refractivity contribution in [2.24, 2.45) is 5.92 Å². The van der Waals surface area contributed by atoms with Crippen molar-refractivity contribution in [2.45, 2.75) is 119 Å². The van der Waals surface area contributed by atoms with Crippen LogP contribution < -0.4 is 24.8 Å². The number of fused-ring (bicyclic) bond motifs is 5. The first-order valence-electron chi connectivity index (χ1n) is 21.6. The molecule has 4 heterocycles. The maximum Gasteiger partial charge on any atom is 0.408 e. The van der Waals surface area contributed by atoms with E-state index in [0.29, 0.717) is 47.9 Å². The van der Waals surface area contributed by atoms with Gasteiger partial charge in [-0.15, -0.1) is 0 Å². The normalized spacial score (nSPS) is 26.5. The summed E-state index contributed by atoms with van der Waals surface area (Å²) in [4.78, 5) is 62.8. The van der Waals surface area contributed by atoms with Gasteiger partial charge in [-0.3, -0.25) is 19.1 Å². The molecule has 5 atom stereocenters. The lowest BCUT2D eigenvalue weighted by molar-refractivity contribution is -0.141. The van der Waals surface area contributed by atoms with Crippen LogP contribution in [0.25, 0.3) is 33.3 Å². The number of nitrogens with one attached hydrogen (secondary N) is 3. The molecule has 2 aromatic carbocycles. The first-order valence-corrected chi connectivity index (χ1v) is 23.1. The van der Waals surface area contributed by atoms with Crippen molar-refractivity contribution in [1.29, 1.82) is 0 Å². The smallest absolute Gasteiger partial charge is 0.408 e. The van der Waals surface area contributed by atoms with Gasteiger partial charge in [-0.25, -0.2) is 22.6 Å².